The lowest BCUT2D eigenvalue weighted by atomic mass is 9.81. The zero-order chi connectivity index (χ0) is 19.9. The summed E-state index contributed by atoms with van der Waals surface area (Å²) in [6, 6.07) is 0. The van der Waals surface area contributed by atoms with Crippen LogP contribution in [0.5, 0.6) is 0 Å². The molecule has 0 amide bonds. The zero-order valence-corrected chi connectivity index (χ0v) is 16.3. The molecule has 0 bridgehead atoms. The number of carbonyl (C=O) groups is 2. The number of carboxylic acid groups (broad SMARTS) is 2. The minimum Gasteiger partial charge on any atom is -0.481 e. The van der Waals surface area contributed by atoms with Gasteiger partial charge in [-0.1, -0.05) is 36.5 Å². The first-order chi connectivity index (χ1) is 13.5. The van der Waals surface area contributed by atoms with E-state index in [-0.39, 0.29) is 6.42 Å². The molecular weight excluding hydrogens is 356 g/mol. The molecule has 28 heavy (non-hydrogen) atoms. The van der Waals surface area contributed by atoms with E-state index in [1.165, 1.54) is 11.1 Å². The van der Waals surface area contributed by atoms with Gasteiger partial charge in [0.2, 0.25) is 0 Å². The third kappa shape index (κ3) is 6.20. The predicted molar refractivity (Wildman–Crippen MR) is 107 cm³/mol. The van der Waals surface area contributed by atoms with Gasteiger partial charge in [-0.15, -0.1) is 0 Å². The molecule has 152 valence electrons. The zero-order valence-electron chi connectivity index (χ0n) is 16.3. The molecule has 1 heterocycles. The molecule has 5 nitrogen and oxygen atoms in total. The molecule has 4 atom stereocenters. The monoisotopic (exact) mass is 386 g/mol. The standard InChI is InChI=1S/C13H20O5.C10H10/c14-12(15)3-1-2-9(13(16)17)6-8-4-5-10-11(7-8)18-10;1-2-6-9(5-1)10-7-3-4-8-10/h8-11H,1-7H2,(H,14,15)(H,16,17);1-5,7H,6,8H2. The number of fused-ring (bicyclic) bond motifs is 1. The Kier molecular flexibility index (Phi) is 7.26. The van der Waals surface area contributed by atoms with Crippen LogP contribution in [0.2, 0.25) is 0 Å². The van der Waals surface area contributed by atoms with E-state index in [1.54, 1.807) is 0 Å². The normalized spacial score (nSPS) is 27.9. The molecule has 0 aromatic heterocycles. The Morgan fingerprint density at radius 1 is 1.04 bits per heavy atom. The predicted octanol–water partition coefficient (Wildman–Crippen LogP) is 4.66. The lowest BCUT2D eigenvalue weighted by Gasteiger charge is -2.22. The van der Waals surface area contributed by atoms with Gasteiger partial charge in [-0.3, -0.25) is 9.59 Å². The van der Waals surface area contributed by atoms with Gasteiger partial charge in [0.25, 0.3) is 0 Å². The number of hydrogen-bond acceptors (Lipinski definition) is 3. The van der Waals surface area contributed by atoms with E-state index in [9.17, 15) is 9.59 Å². The molecule has 2 N–H and O–H groups in total. The minimum atomic E-state index is -0.856. The Balaban J connectivity index is 0.000000188. The summed E-state index contributed by atoms with van der Waals surface area (Å²) in [6.45, 7) is 0. The number of carboxylic acids is 2. The van der Waals surface area contributed by atoms with E-state index in [1.807, 2.05) is 0 Å². The van der Waals surface area contributed by atoms with E-state index >= 15 is 0 Å². The fraction of sp³-hybridized carbons (Fsp3) is 0.565. The largest absolute Gasteiger partial charge is 0.481 e. The third-order valence-electron chi connectivity index (χ3n) is 5.98. The van der Waals surface area contributed by atoms with Crippen LogP contribution in [0.4, 0.5) is 0 Å². The average molecular weight is 386 g/mol. The van der Waals surface area contributed by atoms with Gasteiger partial charge in [0.1, 0.15) is 0 Å². The maximum absolute atomic E-state index is 11.2. The number of aliphatic carboxylic acids is 2. The molecule has 0 aromatic rings. The van der Waals surface area contributed by atoms with Crippen molar-refractivity contribution >= 4 is 11.9 Å². The average Bonchev–Trinajstić information content (AvgIpc) is 3.06. The molecule has 0 radical (unpaired) electrons. The first-order valence-corrected chi connectivity index (χ1v) is 10.3. The minimum absolute atomic E-state index is 0.0578. The maximum Gasteiger partial charge on any atom is 0.306 e. The van der Waals surface area contributed by atoms with Crippen LogP contribution in [0.3, 0.4) is 0 Å². The number of rotatable bonds is 8. The van der Waals surface area contributed by atoms with Crippen molar-refractivity contribution in [2.45, 2.75) is 70.0 Å². The van der Waals surface area contributed by atoms with Crippen molar-refractivity contribution < 1.29 is 24.5 Å². The van der Waals surface area contributed by atoms with Gasteiger partial charge in [-0.05, 0) is 68.4 Å². The summed E-state index contributed by atoms with van der Waals surface area (Å²) < 4.78 is 5.44. The van der Waals surface area contributed by atoms with Gasteiger partial charge < -0.3 is 14.9 Å². The second-order valence-electron chi connectivity index (χ2n) is 8.10. The van der Waals surface area contributed by atoms with Crippen LogP contribution in [-0.2, 0) is 14.3 Å². The van der Waals surface area contributed by atoms with Gasteiger partial charge in [0, 0.05) is 6.42 Å². The highest BCUT2D eigenvalue weighted by Gasteiger charge is 2.44. The quantitative estimate of drug-likeness (QED) is 0.593. The molecule has 0 spiro atoms. The highest BCUT2D eigenvalue weighted by atomic mass is 16.6. The highest BCUT2D eigenvalue weighted by Crippen LogP contribution is 2.42. The van der Waals surface area contributed by atoms with Gasteiger partial charge in [0.15, 0.2) is 0 Å². The number of ether oxygens (including phenoxy) is 1. The number of epoxide rings is 1. The van der Waals surface area contributed by atoms with Crippen molar-refractivity contribution in [1.82, 2.24) is 0 Å². The second-order valence-corrected chi connectivity index (χ2v) is 8.10. The van der Waals surface area contributed by atoms with Gasteiger partial charge in [-0.2, -0.15) is 0 Å². The van der Waals surface area contributed by atoms with Crippen molar-refractivity contribution in [3.8, 4) is 0 Å². The van der Waals surface area contributed by atoms with Gasteiger partial charge in [0.05, 0.1) is 18.1 Å². The lowest BCUT2D eigenvalue weighted by molar-refractivity contribution is -0.143. The van der Waals surface area contributed by atoms with Crippen LogP contribution in [0.15, 0.2) is 47.6 Å². The van der Waals surface area contributed by atoms with E-state index in [2.05, 4.69) is 36.5 Å². The molecule has 5 heteroatoms. The van der Waals surface area contributed by atoms with Crippen molar-refractivity contribution in [2.24, 2.45) is 11.8 Å². The Morgan fingerprint density at radius 3 is 2.21 bits per heavy atom. The van der Waals surface area contributed by atoms with Crippen molar-refractivity contribution in [1.29, 1.82) is 0 Å². The molecule has 4 rings (SSSR count). The van der Waals surface area contributed by atoms with Gasteiger partial charge >= 0.3 is 11.9 Å². The fourth-order valence-corrected chi connectivity index (χ4v) is 4.32. The number of allylic oxidation sites excluding steroid dienone is 8. The van der Waals surface area contributed by atoms with Crippen molar-refractivity contribution in [2.75, 3.05) is 0 Å². The van der Waals surface area contributed by atoms with E-state index in [4.69, 9.17) is 14.9 Å². The summed E-state index contributed by atoms with van der Waals surface area (Å²) in [5.41, 5.74) is 2.98. The lowest BCUT2D eigenvalue weighted by Crippen LogP contribution is -2.22. The summed E-state index contributed by atoms with van der Waals surface area (Å²) in [5, 5.41) is 17.7. The molecule has 4 aliphatic rings. The SMILES string of the molecule is C1=CCC(C2=CC=CC2)=C1.O=C(O)CCCC(CC1CCC2OC2C1)C(=O)O. The summed E-state index contributed by atoms with van der Waals surface area (Å²) >= 11 is 0. The molecule has 0 aromatic carbocycles. The Morgan fingerprint density at radius 2 is 1.71 bits per heavy atom. The van der Waals surface area contributed by atoms with Crippen molar-refractivity contribution in [3.63, 3.8) is 0 Å². The van der Waals surface area contributed by atoms with Crippen LogP contribution in [0.1, 0.15) is 57.8 Å². The number of hydrogen-bond donors (Lipinski definition) is 2. The van der Waals surface area contributed by atoms with E-state index in [0.29, 0.717) is 37.4 Å². The molecule has 4 unspecified atom stereocenters. The summed E-state index contributed by atoms with van der Waals surface area (Å²) in [7, 11) is 0. The molecule has 1 saturated heterocycles. The Hall–Kier alpha value is -2.14. The molecule has 2 fully saturated rings. The van der Waals surface area contributed by atoms with Crippen LogP contribution < -0.4 is 0 Å². The van der Waals surface area contributed by atoms with Crippen LogP contribution in [0, 0.1) is 11.8 Å². The first kappa shape index (κ1) is 20.6. The van der Waals surface area contributed by atoms with E-state index in [0.717, 1.165) is 32.1 Å². The molecule has 3 aliphatic carbocycles. The summed E-state index contributed by atoms with van der Waals surface area (Å²) in [6.07, 6.45) is 20.9. The maximum atomic E-state index is 11.2. The summed E-state index contributed by atoms with van der Waals surface area (Å²) in [4.78, 5) is 21.6. The first-order valence-electron chi connectivity index (χ1n) is 10.3. The topological polar surface area (TPSA) is 87.1 Å². The highest BCUT2D eigenvalue weighted by molar-refractivity contribution is 5.70. The van der Waals surface area contributed by atoms with Gasteiger partial charge in [-0.25, -0.2) is 0 Å². The van der Waals surface area contributed by atoms with Crippen LogP contribution in [-0.4, -0.2) is 34.4 Å². The fourth-order valence-electron chi connectivity index (χ4n) is 4.32. The van der Waals surface area contributed by atoms with Crippen molar-refractivity contribution in [3.05, 3.63) is 47.6 Å². The molecular formula is C23H30O5. The Bertz CT molecular complexity index is 672. The van der Waals surface area contributed by atoms with E-state index < -0.39 is 17.9 Å². The summed E-state index contributed by atoms with van der Waals surface area (Å²) in [5.74, 6) is -1.62. The van der Waals surface area contributed by atoms with Crippen LogP contribution in [0.25, 0.3) is 0 Å². The molecule has 1 saturated carbocycles. The third-order valence-corrected chi connectivity index (χ3v) is 5.98. The second kappa shape index (κ2) is 9.87. The molecule has 1 aliphatic heterocycles. The Labute approximate surface area is 166 Å². The smallest absolute Gasteiger partial charge is 0.306 e. The van der Waals surface area contributed by atoms with Crippen LogP contribution >= 0.6 is 0 Å².